The lowest BCUT2D eigenvalue weighted by Crippen LogP contribution is -2.32. The monoisotopic (exact) mass is 351 g/mol. The Morgan fingerprint density at radius 3 is 2.50 bits per heavy atom. The summed E-state index contributed by atoms with van der Waals surface area (Å²) in [6.07, 6.45) is 1.24. The Labute approximate surface area is 148 Å². The average Bonchev–Trinajstić information content (AvgIpc) is 2.65. The molecule has 0 atom stereocenters. The second kappa shape index (κ2) is 7.43. The maximum Gasteiger partial charge on any atom is 0.329 e. The van der Waals surface area contributed by atoms with Crippen molar-refractivity contribution in [3.63, 3.8) is 0 Å². The molecule has 0 spiro atoms. The quantitative estimate of drug-likeness (QED) is 0.385. The number of carbonyl (C=O) groups excluding carboxylic acids is 2. The van der Waals surface area contributed by atoms with Gasteiger partial charge < -0.3 is 10.4 Å². The fourth-order valence-electron chi connectivity index (χ4n) is 2.37. The third kappa shape index (κ3) is 3.67. The summed E-state index contributed by atoms with van der Waals surface area (Å²) >= 11 is 0. The number of para-hydroxylation sites is 1. The van der Waals surface area contributed by atoms with Gasteiger partial charge in [0, 0.05) is 5.56 Å². The van der Waals surface area contributed by atoms with Crippen LogP contribution in [0.2, 0.25) is 0 Å². The summed E-state index contributed by atoms with van der Waals surface area (Å²) in [5, 5.41) is 17.5. The van der Waals surface area contributed by atoms with Crippen molar-refractivity contribution in [3.8, 4) is 5.75 Å². The van der Waals surface area contributed by atoms with Crippen molar-refractivity contribution in [3.05, 3.63) is 72.0 Å². The third-order valence-electron chi connectivity index (χ3n) is 3.64. The van der Waals surface area contributed by atoms with Gasteiger partial charge in [-0.15, -0.1) is 0 Å². The van der Waals surface area contributed by atoms with Crippen molar-refractivity contribution in [2.75, 3.05) is 5.32 Å². The number of amides is 2. The Balaban J connectivity index is 1.71. The minimum Gasteiger partial charge on any atom is -0.507 e. The molecule has 0 bridgehead atoms. The van der Waals surface area contributed by atoms with E-state index in [1.165, 1.54) is 30.5 Å². The molecule has 0 saturated carbocycles. The Morgan fingerprint density at radius 2 is 1.69 bits per heavy atom. The first-order valence-electron chi connectivity index (χ1n) is 7.66. The Bertz CT molecular complexity index is 1020. The van der Waals surface area contributed by atoms with Crippen LogP contribution in [0.4, 0.5) is 10.1 Å². The highest BCUT2D eigenvalue weighted by Crippen LogP contribution is 2.25. The Kier molecular flexibility index (Phi) is 4.89. The van der Waals surface area contributed by atoms with Gasteiger partial charge in [0.05, 0.1) is 11.9 Å². The van der Waals surface area contributed by atoms with E-state index in [0.29, 0.717) is 5.56 Å². The van der Waals surface area contributed by atoms with Crippen LogP contribution < -0.4 is 10.7 Å². The summed E-state index contributed by atoms with van der Waals surface area (Å²) in [4.78, 5) is 23.5. The van der Waals surface area contributed by atoms with E-state index in [9.17, 15) is 19.1 Å². The average molecular weight is 351 g/mol. The molecule has 0 aliphatic rings. The van der Waals surface area contributed by atoms with Gasteiger partial charge in [0.15, 0.2) is 0 Å². The van der Waals surface area contributed by atoms with Crippen LogP contribution in [0.3, 0.4) is 0 Å². The lowest BCUT2D eigenvalue weighted by molar-refractivity contribution is -0.136. The molecule has 0 saturated heterocycles. The van der Waals surface area contributed by atoms with Crippen molar-refractivity contribution in [1.29, 1.82) is 0 Å². The molecule has 0 radical (unpaired) electrons. The molecule has 3 rings (SSSR count). The molecule has 130 valence electrons. The summed E-state index contributed by atoms with van der Waals surface area (Å²) in [6.45, 7) is 0. The summed E-state index contributed by atoms with van der Waals surface area (Å²) in [7, 11) is 0. The number of hydrazone groups is 1. The molecule has 2 amide bonds. The SMILES string of the molecule is O=C(N/N=C/c1c(O)ccc2ccccc12)C(=O)Nc1ccccc1F. The first-order valence-corrected chi connectivity index (χ1v) is 7.66. The van der Waals surface area contributed by atoms with E-state index in [1.807, 2.05) is 17.6 Å². The minimum absolute atomic E-state index is 0.0162. The predicted octanol–water partition coefficient (Wildman–Crippen LogP) is 2.77. The highest BCUT2D eigenvalue weighted by molar-refractivity contribution is 6.39. The number of benzene rings is 3. The van der Waals surface area contributed by atoms with Gasteiger partial charge in [-0.3, -0.25) is 9.59 Å². The topological polar surface area (TPSA) is 90.8 Å². The van der Waals surface area contributed by atoms with Crippen LogP contribution in [0.5, 0.6) is 5.75 Å². The molecule has 0 aliphatic carbocycles. The van der Waals surface area contributed by atoms with Crippen molar-refractivity contribution in [1.82, 2.24) is 5.43 Å². The maximum atomic E-state index is 13.5. The summed E-state index contributed by atoms with van der Waals surface area (Å²) in [5.74, 6) is -2.80. The standard InChI is InChI=1S/C19H14FN3O3/c20-15-7-3-4-8-16(15)22-18(25)19(26)23-21-11-14-13-6-2-1-5-12(13)9-10-17(14)24/h1-11,24H,(H,22,25)(H,23,26)/b21-11+. The molecule has 7 heteroatoms. The zero-order chi connectivity index (χ0) is 18.5. The summed E-state index contributed by atoms with van der Waals surface area (Å²) in [6, 6.07) is 16.1. The number of aromatic hydroxyl groups is 1. The molecule has 0 fully saturated rings. The van der Waals surface area contributed by atoms with Gasteiger partial charge >= 0.3 is 11.8 Å². The second-order valence-corrected chi connectivity index (χ2v) is 5.35. The largest absolute Gasteiger partial charge is 0.507 e. The fraction of sp³-hybridized carbons (Fsp3) is 0. The zero-order valence-corrected chi connectivity index (χ0v) is 13.4. The van der Waals surface area contributed by atoms with Crippen LogP contribution in [0, 0.1) is 5.82 Å². The van der Waals surface area contributed by atoms with E-state index in [0.717, 1.165) is 16.8 Å². The molecule has 3 aromatic rings. The van der Waals surface area contributed by atoms with Crippen LogP contribution >= 0.6 is 0 Å². The van der Waals surface area contributed by atoms with Gasteiger partial charge in [0.2, 0.25) is 0 Å². The van der Waals surface area contributed by atoms with Crippen LogP contribution in [0.15, 0.2) is 65.8 Å². The van der Waals surface area contributed by atoms with Crippen molar-refractivity contribution >= 4 is 34.5 Å². The van der Waals surface area contributed by atoms with E-state index in [2.05, 4.69) is 10.4 Å². The number of halogens is 1. The molecule has 3 N–H and O–H groups in total. The van der Waals surface area contributed by atoms with Gasteiger partial charge in [-0.1, -0.05) is 42.5 Å². The van der Waals surface area contributed by atoms with Crippen LogP contribution in [-0.2, 0) is 9.59 Å². The van der Waals surface area contributed by atoms with Crippen molar-refractivity contribution < 1.29 is 19.1 Å². The van der Waals surface area contributed by atoms with Crippen molar-refractivity contribution in [2.24, 2.45) is 5.10 Å². The molecule has 0 heterocycles. The predicted molar refractivity (Wildman–Crippen MR) is 96.4 cm³/mol. The van der Waals surface area contributed by atoms with Crippen LogP contribution in [0.25, 0.3) is 10.8 Å². The summed E-state index contributed by atoms with van der Waals surface area (Å²) in [5.41, 5.74) is 2.34. The highest BCUT2D eigenvalue weighted by atomic mass is 19.1. The number of anilines is 1. The molecule has 6 nitrogen and oxygen atoms in total. The van der Waals surface area contributed by atoms with Gasteiger partial charge in [-0.2, -0.15) is 5.10 Å². The Morgan fingerprint density at radius 1 is 0.962 bits per heavy atom. The highest BCUT2D eigenvalue weighted by Gasteiger charge is 2.14. The number of hydrogen-bond acceptors (Lipinski definition) is 4. The molecule has 0 aliphatic heterocycles. The molecule has 3 aromatic carbocycles. The minimum atomic E-state index is -1.07. The number of rotatable bonds is 3. The first-order chi connectivity index (χ1) is 12.6. The van der Waals surface area contributed by atoms with Gasteiger partial charge in [0.25, 0.3) is 0 Å². The first kappa shape index (κ1) is 17.1. The number of nitrogens with one attached hydrogen (secondary N) is 2. The fourth-order valence-corrected chi connectivity index (χ4v) is 2.37. The molecule has 0 aromatic heterocycles. The molecule has 26 heavy (non-hydrogen) atoms. The van der Waals surface area contributed by atoms with E-state index < -0.39 is 17.6 Å². The van der Waals surface area contributed by atoms with Crippen LogP contribution in [-0.4, -0.2) is 23.1 Å². The van der Waals surface area contributed by atoms with E-state index in [-0.39, 0.29) is 11.4 Å². The van der Waals surface area contributed by atoms with Gasteiger partial charge in [-0.25, -0.2) is 9.82 Å². The third-order valence-corrected chi connectivity index (χ3v) is 3.64. The Hall–Kier alpha value is -3.74. The second-order valence-electron chi connectivity index (χ2n) is 5.35. The van der Waals surface area contributed by atoms with E-state index >= 15 is 0 Å². The molecular formula is C19H14FN3O3. The normalized spacial score (nSPS) is 10.8. The smallest absolute Gasteiger partial charge is 0.329 e. The lowest BCUT2D eigenvalue weighted by Gasteiger charge is -2.06. The maximum absolute atomic E-state index is 13.5. The number of carbonyl (C=O) groups is 2. The van der Waals surface area contributed by atoms with E-state index in [1.54, 1.807) is 18.2 Å². The number of nitrogens with zero attached hydrogens (tertiary/aromatic N) is 1. The van der Waals surface area contributed by atoms with Crippen molar-refractivity contribution in [2.45, 2.75) is 0 Å². The summed E-state index contributed by atoms with van der Waals surface area (Å²) < 4.78 is 13.5. The molecular weight excluding hydrogens is 337 g/mol. The number of hydrogen-bond donors (Lipinski definition) is 3. The number of fused-ring (bicyclic) bond motifs is 1. The number of phenols is 1. The van der Waals surface area contributed by atoms with E-state index in [4.69, 9.17) is 0 Å². The van der Waals surface area contributed by atoms with Gasteiger partial charge in [0.1, 0.15) is 11.6 Å². The molecule has 0 unspecified atom stereocenters. The van der Waals surface area contributed by atoms with Gasteiger partial charge in [-0.05, 0) is 29.0 Å². The van der Waals surface area contributed by atoms with Crippen LogP contribution in [0.1, 0.15) is 5.56 Å². The lowest BCUT2D eigenvalue weighted by atomic mass is 10.0. The number of phenolic OH excluding ortho intramolecular Hbond substituents is 1. The zero-order valence-electron chi connectivity index (χ0n) is 13.4.